The van der Waals surface area contributed by atoms with E-state index in [0.29, 0.717) is 5.56 Å². The molecule has 8 nitrogen and oxygen atoms in total. The van der Waals surface area contributed by atoms with E-state index in [-0.39, 0.29) is 17.4 Å². The Hall–Kier alpha value is -3.68. The standard InChI is InChI=1S/C26H25BrN4O4S/c1-26(2,3)35-25(32)30-24(31-36(33,34)21-7-5-4-6-8-21)29-17-19-11-14-22(23(27)15-19)20-12-9-18(16-28)10-13-20/h4-15H,17H2,1-3H3,(H2,29,30,31,32). The van der Waals surface area contributed by atoms with Crippen LogP contribution >= 0.6 is 15.9 Å². The van der Waals surface area contributed by atoms with Gasteiger partial charge in [0.25, 0.3) is 10.0 Å². The molecule has 0 unspecified atom stereocenters. The summed E-state index contributed by atoms with van der Waals surface area (Å²) in [5, 5.41) is 11.4. The Morgan fingerprint density at radius 2 is 1.72 bits per heavy atom. The number of amides is 1. The second-order valence-corrected chi connectivity index (χ2v) is 11.3. The van der Waals surface area contributed by atoms with Gasteiger partial charge in [0.05, 0.1) is 23.1 Å². The molecular weight excluding hydrogens is 544 g/mol. The maximum absolute atomic E-state index is 12.8. The molecule has 0 radical (unpaired) electrons. The minimum atomic E-state index is -3.99. The summed E-state index contributed by atoms with van der Waals surface area (Å²) in [5.41, 5.74) is 2.41. The lowest BCUT2D eigenvalue weighted by Gasteiger charge is -2.20. The minimum Gasteiger partial charge on any atom is -0.444 e. The average molecular weight is 569 g/mol. The van der Waals surface area contributed by atoms with Crippen molar-refractivity contribution in [2.75, 3.05) is 0 Å². The Balaban J connectivity index is 1.84. The van der Waals surface area contributed by atoms with Gasteiger partial charge < -0.3 is 4.74 Å². The molecule has 0 aliphatic heterocycles. The van der Waals surface area contributed by atoms with Crippen molar-refractivity contribution in [1.82, 2.24) is 10.0 Å². The molecule has 0 atom stereocenters. The number of nitrogens with zero attached hydrogens (tertiary/aromatic N) is 2. The first kappa shape index (κ1) is 26.9. The molecule has 0 aromatic heterocycles. The van der Waals surface area contributed by atoms with Gasteiger partial charge in [-0.2, -0.15) is 5.26 Å². The Bertz CT molecular complexity index is 1410. The van der Waals surface area contributed by atoms with E-state index in [1.807, 2.05) is 30.3 Å². The van der Waals surface area contributed by atoms with E-state index in [1.54, 1.807) is 51.1 Å². The van der Waals surface area contributed by atoms with Gasteiger partial charge in [-0.15, -0.1) is 0 Å². The number of sulfonamides is 1. The van der Waals surface area contributed by atoms with Gasteiger partial charge in [0.2, 0.25) is 5.96 Å². The highest BCUT2D eigenvalue weighted by Gasteiger charge is 2.21. The number of hydrogen-bond donors (Lipinski definition) is 2. The molecule has 36 heavy (non-hydrogen) atoms. The van der Waals surface area contributed by atoms with Gasteiger partial charge in [-0.1, -0.05) is 58.4 Å². The Labute approximate surface area is 219 Å². The fourth-order valence-corrected chi connectivity index (χ4v) is 4.73. The number of carbonyl (C=O) groups excluding carboxylic acids is 1. The minimum absolute atomic E-state index is 0.0261. The fraction of sp³-hybridized carbons (Fsp3) is 0.192. The van der Waals surface area contributed by atoms with Crippen LogP contribution in [0.3, 0.4) is 0 Å². The van der Waals surface area contributed by atoms with Crippen LogP contribution in [0.2, 0.25) is 0 Å². The van der Waals surface area contributed by atoms with Gasteiger partial charge in [0, 0.05) is 4.47 Å². The largest absolute Gasteiger partial charge is 0.444 e. The van der Waals surface area contributed by atoms with E-state index >= 15 is 0 Å². The first-order chi connectivity index (χ1) is 17.0. The van der Waals surface area contributed by atoms with Crippen LogP contribution in [0.5, 0.6) is 0 Å². The summed E-state index contributed by atoms with van der Waals surface area (Å²) in [7, 11) is -3.99. The van der Waals surface area contributed by atoms with Crippen molar-refractivity contribution in [3.8, 4) is 17.2 Å². The molecule has 10 heteroatoms. The highest BCUT2D eigenvalue weighted by atomic mass is 79.9. The number of carbonyl (C=O) groups is 1. The SMILES string of the molecule is CC(C)(C)OC(=O)NC(=NCc1ccc(-c2ccc(C#N)cc2)c(Br)c1)NS(=O)(=O)c1ccccc1. The predicted molar refractivity (Wildman–Crippen MR) is 142 cm³/mol. The van der Waals surface area contributed by atoms with Gasteiger partial charge >= 0.3 is 6.09 Å². The monoisotopic (exact) mass is 568 g/mol. The Kier molecular flexibility index (Phi) is 8.50. The molecule has 3 aromatic carbocycles. The van der Waals surface area contributed by atoms with E-state index in [0.717, 1.165) is 21.2 Å². The molecule has 0 saturated heterocycles. The highest BCUT2D eigenvalue weighted by Crippen LogP contribution is 2.29. The molecule has 2 N–H and O–H groups in total. The fourth-order valence-electron chi connectivity index (χ4n) is 3.07. The van der Waals surface area contributed by atoms with Crippen LogP contribution in [0.1, 0.15) is 31.9 Å². The number of benzene rings is 3. The van der Waals surface area contributed by atoms with E-state index in [4.69, 9.17) is 10.00 Å². The maximum atomic E-state index is 12.8. The van der Waals surface area contributed by atoms with Crippen LogP contribution in [0.25, 0.3) is 11.1 Å². The lowest BCUT2D eigenvalue weighted by atomic mass is 10.0. The normalized spacial score (nSPS) is 11.9. The van der Waals surface area contributed by atoms with Gasteiger partial charge in [0.1, 0.15) is 5.60 Å². The number of hydrogen-bond acceptors (Lipinski definition) is 6. The maximum Gasteiger partial charge on any atom is 0.414 e. The molecule has 0 heterocycles. The lowest BCUT2D eigenvalue weighted by molar-refractivity contribution is 0.0562. The number of ether oxygens (including phenoxy) is 1. The summed E-state index contributed by atoms with van der Waals surface area (Å²) in [5.74, 6) is -0.264. The molecule has 0 fully saturated rings. The summed E-state index contributed by atoms with van der Waals surface area (Å²) in [6.07, 6.45) is -0.839. The van der Waals surface area contributed by atoms with E-state index < -0.39 is 21.7 Å². The van der Waals surface area contributed by atoms with Gasteiger partial charge in [-0.05, 0) is 67.8 Å². The van der Waals surface area contributed by atoms with Crippen LogP contribution in [-0.4, -0.2) is 26.1 Å². The number of rotatable bonds is 5. The van der Waals surface area contributed by atoms with E-state index in [1.165, 1.54) is 12.1 Å². The lowest BCUT2D eigenvalue weighted by Crippen LogP contribution is -2.45. The average Bonchev–Trinajstić information content (AvgIpc) is 2.82. The van der Waals surface area contributed by atoms with Crippen LogP contribution < -0.4 is 10.0 Å². The van der Waals surface area contributed by atoms with E-state index in [2.05, 4.69) is 37.0 Å². The zero-order valence-corrected chi connectivity index (χ0v) is 22.4. The van der Waals surface area contributed by atoms with Gasteiger partial charge in [-0.3, -0.25) is 5.32 Å². The van der Waals surface area contributed by atoms with Crippen LogP contribution in [0, 0.1) is 11.3 Å². The molecule has 0 spiro atoms. The Morgan fingerprint density at radius 1 is 1.06 bits per heavy atom. The van der Waals surface area contributed by atoms with Crippen LogP contribution in [0.4, 0.5) is 4.79 Å². The molecule has 3 rings (SSSR count). The second kappa shape index (κ2) is 11.4. The highest BCUT2D eigenvalue weighted by molar-refractivity contribution is 9.10. The first-order valence-electron chi connectivity index (χ1n) is 10.9. The molecule has 1 amide bonds. The smallest absolute Gasteiger partial charge is 0.414 e. The van der Waals surface area contributed by atoms with Crippen molar-refractivity contribution in [3.05, 3.63) is 88.4 Å². The second-order valence-electron chi connectivity index (χ2n) is 8.71. The van der Waals surface area contributed by atoms with Gasteiger partial charge in [-0.25, -0.2) is 22.9 Å². The Morgan fingerprint density at radius 3 is 2.31 bits per heavy atom. The summed E-state index contributed by atoms with van der Waals surface area (Å²) in [6, 6.07) is 22.7. The van der Waals surface area contributed by atoms with Crippen molar-refractivity contribution < 1.29 is 17.9 Å². The molecule has 3 aromatic rings. The van der Waals surface area contributed by atoms with Crippen molar-refractivity contribution >= 4 is 38.0 Å². The van der Waals surface area contributed by atoms with Crippen molar-refractivity contribution in [2.45, 2.75) is 37.8 Å². The molecule has 0 bridgehead atoms. The van der Waals surface area contributed by atoms with Gasteiger partial charge in [0.15, 0.2) is 0 Å². The van der Waals surface area contributed by atoms with Crippen molar-refractivity contribution in [1.29, 1.82) is 5.26 Å². The molecule has 0 aliphatic carbocycles. The third kappa shape index (κ3) is 7.66. The van der Waals surface area contributed by atoms with Crippen molar-refractivity contribution in [3.63, 3.8) is 0 Å². The number of halogens is 1. The number of guanidine groups is 1. The molecule has 186 valence electrons. The third-order valence-corrected chi connectivity index (χ3v) is 6.69. The van der Waals surface area contributed by atoms with E-state index in [9.17, 15) is 13.2 Å². The number of nitrogens with one attached hydrogen (secondary N) is 2. The summed E-state index contributed by atoms with van der Waals surface area (Å²) in [4.78, 5) is 16.7. The number of alkyl carbamates (subject to hydrolysis) is 1. The van der Waals surface area contributed by atoms with Crippen LogP contribution in [0.15, 0.2) is 87.2 Å². The predicted octanol–water partition coefficient (Wildman–Crippen LogP) is 5.35. The van der Waals surface area contributed by atoms with Crippen molar-refractivity contribution in [2.24, 2.45) is 4.99 Å². The first-order valence-corrected chi connectivity index (χ1v) is 13.2. The zero-order valence-electron chi connectivity index (χ0n) is 19.9. The zero-order chi connectivity index (χ0) is 26.3. The summed E-state index contributed by atoms with van der Waals surface area (Å²) >= 11 is 3.56. The van der Waals surface area contributed by atoms with Crippen LogP contribution in [-0.2, 0) is 21.3 Å². The molecule has 0 saturated carbocycles. The topological polar surface area (TPSA) is 121 Å². The number of nitriles is 1. The number of aliphatic imine (C=N–C) groups is 1. The third-order valence-electron chi connectivity index (χ3n) is 4.68. The summed E-state index contributed by atoms with van der Waals surface area (Å²) in [6.45, 7) is 5.17. The summed E-state index contributed by atoms with van der Waals surface area (Å²) < 4.78 is 34.0. The molecule has 0 aliphatic rings. The molecular formula is C26H25BrN4O4S. The quantitative estimate of drug-likeness (QED) is 0.317.